The second-order valence-electron chi connectivity index (χ2n) is 1.96. The largest absolute Gasteiger partial charge is 0.466 e. The first-order valence-corrected chi connectivity index (χ1v) is 3.76. The zero-order valence-electron chi connectivity index (χ0n) is 8.25. The van der Waals surface area contributed by atoms with Crippen LogP contribution in [-0.4, -0.2) is 13.1 Å². The van der Waals surface area contributed by atoms with Gasteiger partial charge in [-0.1, -0.05) is 30.9 Å². The van der Waals surface area contributed by atoms with Crippen molar-refractivity contribution in [3.8, 4) is 0 Å². The van der Waals surface area contributed by atoms with Crippen LogP contribution in [0.3, 0.4) is 0 Å². The lowest BCUT2D eigenvalue weighted by molar-refractivity contribution is -0.136. The Balaban J connectivity index is 0. The Bertz CT molecular complexity index is 212. The Morgan fingerprint density at radius 1 is 1.31 bits per heavy atom. The number of esters is 1. The van der Waals surface area contributed by atoms with Gasteiger partial charge in [0.25, 0.3) is 0 Å². The van der Waals surface area contributed by atoms with Crippen LogP contribution >= 0.6 is 0 Å². The van der Waals surface area contributed by atoms with E-state index < -0.39 is 0 Å². The van der Waals surface area contributed by atoms with Crippen LogP contribution in [0.5, 0.6) is 0 Å². The first-order chi connectivity index (χ1) is 6.22. The molecule has 0 spiro atoms. The summed E-state index contributed by atoms with van der Waals surface area (Å²) in [6.07, 6.45) is 6.79. The third kappa shape index (κ3) is 8.34. The molecule has 0 amide bonds. The highest BCUT2D eigenvalue weighted by atomic mass is 16.5. The number of hydrogen-bond donors (Lipinski definition) is 0. The molecule has 0 unspecified atom stereocenters. The zero-order chi connectivity index (χ0) is 10.7. The molecule has 0 atom stereocenters. The number of ether oxygens (including phenoxy) is 1. The molecule has 2 heteroatoms. The van der Waals surface area contributed by atoms with E-state index in [0.717, 1.165) is 0 Å². The van der Waals surface area contributed by atoms with Crippen molar-refractivity contribution >= 4 is 5.97 Å². The monoisotopic (exact) mass is 180 g/mol. The Morgan fingerprint density at radius 2 is 1.85 bits per heavy atom. The molecular formula is C11H16O2. The lowest BCUT2D eigenvalue weighted by Gasteiger charge is -1.94. The van der Waals surface area contributed by atoms with Crippen molar-refractivity contribution in [2.45, 2.75) is 6.92 Å². The molecule has 0 aromatic carbocycles. The number of carbonyl (C=O) groups is 1. The fraction of sp³-hybridized carbons (Fsp3) is 0.182. The van der Waals surface area contributed by atoms with Crippen LogP contribution in [0.25, 0.3) is 0 Å². The van der Waals surface area contributed by atoms with E-state index in [1.165, 1.54) is 7.11 Å². The van der Waals surface area contributed by atoms with Crippen molar-refractivity contribution in [3.05, 3.63) is 49.6 Å². The van der Waals surface area contributed by atoms with Gasteiger partial charge >= 0.3 is 5.97 Å². The maximum Gasteiger partial charge on any atom is 0.333 e. The van der Waals surface area contributed by atoms with E-state index in [-0.39, 0.29) is 5.97 Å². The maximum absolute atomic E-state index is 10.8. The second-order valence-corrected chi connectivity index (χ2v) is 1.96. The molecule has 13 heavy (non-hydrogen) atoms. The molecule has 0 aliphatic heterocycles. The van der Waals surface area contributed by atoms with Crippen LogP contribution < -0.4 is 0 Å². The quantitative estimate of drug-likeness (QED) is 0.289. The molecule has 0 heterocycles. The first-order valence-electron chi connectivity index (χ1n) is 3.76. The van der Waals surface area contributed by atoms with E-state index in [4.69, 9.17) is 0 Å². The lowest BCUT2D eigenvalue weighted by Crippen LogP contribution is -2.00. The fourth-order valence-electron chi connectivity index (χ4n) is 0.507. The second kappa shape index (κ2) is 10.4. The van der Waals surface area contributed by atoms with Crippen molar-refractivity contribution in [3.63, 3.8) is 0 Å². The number of rotatable bonds is 3. The van der Waals surface area contributed by atoms with Gasteiger partial charge in [0.1, 0.15) is 0 Å². The van der Waals surface area contributed by atoms with Crippen molar-refractivity contribution < 1.29 is 9.53 Å². The summed E-state index contributed by atoms with van der Waals surface area (Å²) >= 11 is 0. The molecule has 0 radical (unpaired) electrons. The number of hydrogen-bond acceptors (Lipinski definition) is 2. The minimum atomic E-state index is -0.307. The topological polar surface area (TPSA) is 26.3 Å². The summed E-state index contributed by atoms with van der Waals surface area (Å²) in [4.78, 5) is 10.8. The fourth-order valence-corrected chi connectivity index (χ4v) is 0.507. The molecule has 0 aromatic heterocycles. The minimum absolute atomic E-state index is 0.307. The van der Waals surface area contributed by atoms with Crippen molar-refractivity contribution in [1.82, 2.24) is 0 Å². The number of carbonyl (C=O) groups excluding carboxylic acids is 1. The van der Waals surface area contributed by atoms with Gasteiger partial charge in [-0.25, -0.2) is 4.79 Å². The molecule has 0 aromatic rings. The average molecular weight is 180 g/mol. The molecule has 0 fully saturated rings. The Kier molecular flexibility index (Phi) is 11.2. The molecule has 2 nitrogen and oxygen atoms in total. The van der Waals surface area contributed by atoms with Crippen molar-refractivity contribution in [2.24, 2.45) is 0 Å². The van der Waals surface area contributed by atoms with Gasteiger partial charge in [0.05, 0.1) is 7.11 Å². The molecule has 0 aliphatic rings. The standard InChI is InChI=1S/C9H12O2.C2H4/c1-4-5-6-7-8(2)9(10)11-3;1-2/h4-7H,1H2,2-3H3;1-2H2/b6-5+,8-7+;. The van der Waals surface area contributed by atoms with Crippen LogP contribution in [0.1, 0.15) is 6.92 Å². The van der Waals surface area contributed by atoms with Gasteiger partial charge in [-0.15, -0.1) is 13.2 Å². The number of allylic oxidation sites excluding steroid dienone is 4. The first kappa shape index (κ1) is 14.0. The summed E-state index contributed by atoms with van der Waals surface area (Å²) < 4.78 is 4.48. The van der Waals surface area contributed by atoms with Gasteiger partial charge in [0, 0.05) is 5.57 Å². The predicted molar refractivity (Wildman–Crippen MR) is 56.4 cm³/mol. The van der Waals surface area contributed by atoms with E-state index in [1.54, 1.807) is 31.2 Å². The van der Waals surface area contributed by atoms with E-state index in [2.05, 4.69) is 24.5 Å². The van der Waals surface area contributed by atoms with Gasteiger partial charge in [-0.05, 0) is 6.92 Å². The van der Waals surface area contributed by atoms with Crippen LogP contribution in [0.4, 0.5) is 0 Å². The van der Waals surface area contributed by atoms with Crippen LogP contribution in [0.15, 0.2) is 49.6 Å². The van der Waals surface area contributed by atoms with E-state index >= 15 is 0 Å². The summed E-state index contributed by atoms with van der Waals surface area (Å²) in [5.41, 5.74) is 0.575. The highest BCUT2D eigenvalue weighted by Crippen LogP contribution is 1.95. The molecule has 0 N–H and O–H groups in total. The van der Waals surface area contributed by atoms with Gasteiger partial charge in [-0.3, -0.25) is 0 Å². The summed E-state index contributed by atoms with van der Waals surface area (Å²) in [7, 11) is 1.36. The van der Waals surface area contributed by atoms with E-state index in [1.807, 2.05) is 0 Å². The third-order valence-corrected chi connectivity index (χ3v) is 1.10. The van der Waals surface area contributed by atoms with Crippen LogP contribution in [-0.2, 0) is 9.53 Å². The van der Waals surface area contributed by atoms with Crippen molar-refractivity contribution in [2.75, 3.05) is 7.11 Å². The minimum Gasteiger partial charge on any atom is -0.466 e. The van der Waals surface area contributed by atoms with E-state index in [0.29, 0.717) is 5.57 Å². The maximum atomic E-state index is 10.8. The van der Waals surface area contributed by atoms with Gasteiger partial charge in [-0.2, -0.15) is 0 Å². The molecule has 0 aliphatic carbocycles. The molecule has 0 rings (SSSR count). The molecule has 0 saturated heterocycles. The molecule has 0 saturated carbocycles. The molecule has 72 valence electrons. The highest BCUT2D eigenvalue weighted by Gasteiger charge is 1.99. The summed E-state index contributed by atoms with van der Waals surface area (Å²) in [5, 5.41) is 0. The summed E-state index contributed by atoms with van der Waals surface area (Å²) in [6.45, 7) is 11.2. The van der Waals surface area contributed by atoms with Crippen LogP contribution in [0.2, 0.25) is 0 Å². The summed E-state index contributed by atoms with van der Waals surface area (Å²) in [5.74, 6) is -0.307. The normalized spacial score (nSPS) is 10.2. The van der Waals surface area contributed by atoms with Gasteiger partial charge in [0.2, 0.25) is 0 Å². The highest BCUT2D eigenvalue weighted by molar-refractivity contribution is 5.87. The predicted octanol–water partition coefficient (Wildman–Crippen LogP) is 2.65. The van der Waals surface area contributed by atoms with Gasteiger partial charge in [0.15, 0.2) is 0 Å². The summed E-state index contributed by atoms with van der Waals surface area (Å²) in [6, 6.07) is 0. The smallest absolute Gasteiger partial charge is 0.333 e. The third-order valence-electron chi connectivity index (χ3n) is 1.10. The van der Waals surface area contributed by atoms with Crippen LogP contribution in [0, 0.1) is 0 Å². The molecule has 0 bridgehead atoms. The SMILES string of the molecule is C=C.C=C/C=C/C=C(\C)C(=O)OC. The number of methoxy groups -OCH3 is 1. The van der Waals surface area contributed by atoms with Gasteiger partial charge < -0.3 is 4.74 Å². The molecular weight excluding hydrogens is 164 g/mol. The van der Waals surface area contributed by atoms with E-state index in [9.17, 15) is 4.79 Å². The van der Waals surface area contributed by atoms with Crippen molar-refractivity contribution in [1.29, 1.82) is 0 Å². The Labute approximate surface area is 79.9 Å². The average Bonchev–Trinajstić information content (AvgIpc) is 2.20. The zero-order valence-corrected chi connectivity index (χ0v) is 8.25. The lowest BCUT2D eigenvalue weighted by atomic mass is 10.3. The Morgan fingerprint density at radius 3 is 2.23 bits per heavy atom. The Hall–Kier alpha value is -1.57.